The normalized spacial score (nSPS) is 11.3. The molecule has 0 spiro atoms. The summed E-state index contributed by atoms with van der Waals surface area (Å²) >= 11 is 3.22. The van der Waals surface area contributed by atoms with Gasteiger partial charge in [0, 0.05) is 17.2 Å². The van der Waals surface area contributed by atoms with Crippen LogP contribution < -0.4 is 10.0 Å². The number of para-hydroxylation sites is 1. The standard InChI is InChI=1S/C13H14BrN3O2S/c1-2-17(11-6-4-3-5-7-11)20(18,19)12-8-10(14)9-16-13(12)15/h3-9H,2H2,1H3,(H2,15,16). The number of nitrogens with zero attached hydrogens (tertiary/aromatic N) is 2. The predicted octanol–water partition coefficient (Wildman–Crippen LogP) is 2.64. The highest BCUT2D eigenvalue weighted by atomic mass is 79.9. The van der Waals surface area contributed by atoms with Crippen molar-refractivity contribution in [2.75, 3.05) is 16.6 Å². The van der Waals surface area contributed by atoms with Crippen LogP contribution in [-0.2, 0) is 10.0 Å². The van der Waals surface area contributed by atoms with Crippen molar-refractivity contribution in [2.45, 2.75) is 11.8 Å². The molecule has 0 bridgehead atoms. The summed E-state index contributed by atoms with van der Waals surface area (Å²) in [4.78, 5) is 3.88. The summed E-state index contributed by atoms with van der Waals surface area (Å²) in [5.41, 5.74) is 6.30. The molecule has 2 N–H and O–H groups in total. The van der Waals surface area contributed by atoms with Gasteiger partial charge < -0.3 is 5.73 Å². The van der Waals surface area contributed by atoms with E-state index < -0.39 is 10.0 Å². The fraction of sp³-hybridized carbons (Fsp3) is 0.154. The molecule has 0 amide bonds. The van der Waals surface area contributed by atoms with Crippen molar-refractivity contribution in [3.05, 3.63) is 47.1 Å². The summed E-state index contributed by atoms with van der Waals surface area (Å²) in [5, 5.41) is 0. The van der Waals surface area contributed by atoms with Gasteiger partial charge in [0.2, 0.25) is 0 Å². The zero-order valence-electron chi connectivity index (χ0n) is 10.8. The van der Waals surface area contributed by atoms with Crippen molar-refractivity contribution in [2.24, 2.45) is 0 Å². The molecule has 20 heavy (non-hydrogen) atoms. The molecule has 1 heterocycles. The number of sulfonamides is 1. The Kier molecular flexibility index (Phi) is 4.29. The summed E-state index contributed by atoms with van der Waals surface area (Å²) in [6.07, 6.45) is 1.47. The number of nitrogens with two attached hydrogens (primary N) is 1. The van der Waals surface area contributed by atoms with Gasteiger partial charge in [0.15, 0.2) is 0 Å². The first-order valence-electron chi connectivity index (χ1n) is 5.95. The highest BCUT2D eigenvalue weighted by Gasteiger charge is 2.26. The van der Waals surface area contributed by atoms with E-state index >= 15 is 0 Å². The number of anilines is 2. The van der Waals surface area contributed by atoms with Gasteiger partial charge in [-0.2, -0.15) is 0 Å². The van der Waals surface area contributed by atoms with Gasteiger partial charge in [0.1, 0.15) is 10.7 Å². The second kappa shape index (κ2) is 5.80. The number of hydrogen-bond donors (Lipinski definition) is 1. The highest BCUT2D eigenvalue weighted by Crippen LogP contribution is 2.27. The first-order chi connectivity index (χ1) is 9.46. The Bertz CT molecular complexity index is 705. The first-order valence-corrected chi connectivity index (χ1v) is 8.19. The summed E-state index contributed by atoms with van der Waals surface area (Å²) in [6, 6.07) is 10.3. The van der Waals surface area contributed by atoms with E-state index in [1.54, 1.807) is 31.2 Å². The number of hydrogen-bond acceptors (Lipinski definition) is 4. The minimum absolute atomic E-state index is 0.00224. The number of rotatable bonds is 4. The third-order valence-electron chi connectivity index (χ3n) is 2.75. The Morgan fingerprint density at radius 1 is 1.30 bits per heavy atom. The van der Waals surface area contributed by atoms with E-state index in [1.165, 1.54) is 16.6 Å². The van der Waals surface area contributed by atoms with Crippen LogP contribution >= 0.6 is 15.9 Å². The van der Waals surface area contributed by atoms with Crippen LogP contribution in [0.15, 0.2) is 52.0 Å². The van der Waals surface area contributed by atoms with Crippen LogP contribution in [0.25, 0.3) is 0 Å². The Labute approximate surface area is 126 Å². The minimum Gasteiger partial charge on any atom is -0.383 e. The molecule has 0 saturated heterocycles. The number of aromatic nitrogens is 1. The Hall–Kier alpha value is -1.60. The van der Waals surface area contributed by atoms with Gasteiger partial charge in [-0.15, -0.1) is 0 Å². The molecule has 5 nitrogen and oxygen atoms in total. The van der Waals surface area contributed by atoms with Gasteiger partial charge in [-0.05, 0) is 41.1 Å². The molecule has 1 aromatic carbocycles. The van der Waals surface area contributed by atoms with Crippen LogP contribution in [0.2, 0.25) is 0 Å². The van der Waals surface area contributed by atoms with E-state index in [-0.39, 0.29) is 10.7 Å². The lowest BCUT2D eigenvalue weighted by atomic mass is 10.3. The second-order valence-electron chi connectivity index (χ2n) is 4.04. The minimum atomic E-state index is -3.74. The molecule has 7 heteroatoms. The lowest BCUT2D eigenvalue weighted by Gasteiger charge is -2.23. The van der Waals surface area contributed by atoms with Crippen molar-refractivity contribution in [3.8, 4) is 0 Å². The van der Waals surface area contributed by atoms with Crippen LogP contribution in [0.5, 0.6) is 0 Å². The number of benzene rings is 1. The molecule has 0 saturated carbocycles. The largest absolute Gasteiger partial charge is 0.383 e. The van der Waals surface area contributed by atoms with Gasteiger partial charge in [-0.25, -0.2) is 13.4 Å². The van der Waals surface area contributed by atoms with Gasteiger partial charge >= 0.3 is 0 Å². The summed E-state index contributed by atoms with van der Waals surface area (Å²) in [6.45, 7) is 2.07. The Morgan fingerprint density at radius 2 is 1.95 bits per heavy atom. The molecule has 0 atom stereocenters. The molecule has 0 aliphatic carbocycles. The van der Waals surface area contributed by atoms with Crippen molar-refractivity contribution >= 4 is 37.5 Å². The number of halogens is 1. The topological polar surface area (TPSA) is 76.3 Å². The van der Waals surface area contributed by atoms with Gasteiger partial charge in [-0.1, -0.05) is 18.2 Å². The lowest BCUT2D eigenvalue weighted by Crippen LogP contribution is -2.31. The smallest absolute Gasteiger partial charge is 0.268 e. The van der Waals surface area contributed by atoms with Crippen LogP contribution in [0.4, 0.5) is 11.5 Å². The number of nitrogen functional groups attached to an aromatic ring is 1. The van der Waals surface area contributed by atoms with Crippen LogP contribution in [0, 0.1) is 0 Å². The molecular formula is C13H14BrN3O2S. The summed E-state index contributed by atoms with van der Waals surface area (Å²) in [5.74, 6) is -0.0115. The molecule has 0 aliphatic heterocycles. The average molecular weight is 356 g/mol. The zero-order chi connectivity index (χ0) is 14.8. The summed E-state index contributed by atoms with van der Waals surface area (Å²) in [7, 11) is -3.74. The molecule has 0 aliphatic rings. The van der Waals surface area contributed by atoms with Crippen molar-refractivity contribution < 1.29 is 8.42 Å². The maximum Gasteiger partial charge on any atom is 0.268 e. The summed E-state index contributed by atoms with van der Waals surface area (Å²) < 4.78 is 27.3. The maximum atomic E-state index is 12.7. The van der Waals surface area contributed by atoms with Crippen molar-refractivity contribution in [1.29, 1.82) is 0 Å². The van der Waals surface area contributed by atoms with E-state index in [0.29, 0.717) is 16.7 Å². The van der Waals surface area contributed by atoms with Crippen LogP contribution in [0.3, 0.4) is 0 Å². The molecule has 1 aromatic heterocycles. The predicted molar refractivity (Wildman–Crippen MR) is 83.0 cm³/mol. The average Bonchev–Trinajstić information content (AvgIpc) is 2.43. The number of pyridine rings is 1. The van der Waals surface area contributed by atoms with Crippen molar-refractivity contribution in [1.82, 2.24) is 4.98 Å². The molecule has 106 valence electrons. The van der Waals surface area contributed by atoms with E-state index in [4.69, 9.17) is 5.73 Å². The quantitative estimate of drug-likeness (QED) is 0.914. The molecule has 2 rings (SSSR count). The molecule has 0 radical (unpaired) electrons. The first kappa shape index (κ1) is 14.8. The van der Waals surface area contributed by atoms with Crippen LogP contribution in [0.1, 0.15) is 6.92 Å². The highest BCUT2D eigenvalue weighted by molar-refractivity contribution is 9.10. The fourth-order valence-electron chi connectivity index (χ4n) is 1.84. The lowest BCUT2D eigenvalue weighted by molar-refractivity contribution is 0.592. The molecule has 2 aromatic rings. The zero-order valence-corrected chi connectivity index (χ0v) is 13.2. The van der Waals surface area contributed by atoms with Gasteiger partial charge in [0.05, 0.1) is 5.69 Å². The third kappa shape index (κ3) is 2.78. The van der Waals surface area contributed by atoms with Crippen molar-refractivity contribution in [3.63, 3.8) is 0 Å². The maximum absolute atomic E-state index is 12.7. The Balaban J connectivity index is 2.56. The van der Waals surface area contributed by atoms with Gasteiger partial charge in [0.25, 0.3) is 10.0 Å². The van der Waals surface area contributed by atoms with E-state index in [0.717, 1.165) is 0 Å². The molecule has 0 fully saturated rings. The Morgan fingerprint density at radius 3 is 2.55 bits per heavy atom. The van der Waals surface area contributed by atoms with E-state index in [1.807, 2.05) is 6.07 Å². The van der Waals surface area contributed by atoms with Gasteiger partial charge in [-0.3, -0.25) is 4.31 Å². The monoisotopic (exact) mass is 355 g/mol. The second-order valence-corrected chi connectivity index (χ2v) is 6.79. The third-order valence-corrected chi connectivity index (χ3v) is 5.11. The van der Waals surface area contributed by atoms with E-state index in [2.05, 4.69) is 20.9 Å². The molecular weight excluding hydrogens is 342 g/mol. The van der Waals surface area contributed by atoms with Crippen LogP contribution in [-0.4, -0.2) is 19.9 Å². The van der Waals surface area contributed by atoms with E-state index in [9.17, 15) is 8.42 Å². The SMILES string of the molecule is CCN(c1ccccc1)S(=O)(=O)c1cc(Br)cnc1N. The molecule has 0 unspecified atom stereocenters. The fourth-order valence-corrected chi connectivity index (χ4v) is 3.89.